The lowest BCUT2D eigenvalue weighted by molar-refractivity contribution is -0.135. The second-order valence-corrected chi connectivity index (χ2v) is 12.0. The van der Waals surface area contributed by atoms with Crippen molar-refractivity contribution in [2.24, 2.45) is 5.73 Å². The molecule has 0 radical (unpaired) electrons. The van der Waals surface area contributed by atoms with Gasteiger partial charge in [0.05, 0.1) is 23.3 Å². The summed E-state index contributed by atoms with van der Waals surface area (Å²) in [7, 11) is 0. The van der Waals surface area contributed by atoms with Crippen molar-refractivity contribution in [2.45, 2.75) is 65.6 Å². The van der Waals surface area contributed by atoms with Crippen LogP contribution >= 0.6 is 0 Å². The van der Waals surface area contributed by atoms with Gasteiger partial charge in [-0.3, -0.25) is 9.59 Å². The lowest BCUT2D eigenvalue weighted by Gasteiger charge is -2.38. The minimum absolute atomic E-state index is 0.0618. The molecule has 1 aliphatic heterocycles. The smallest absolute Gasteiger partial charge is 0.253 e. The van der Waals surface area contributed by atoms with E-state index in [4.69, 9.17) is 5.73 Å². The largest absolute Gasteiger partial charge is 0.384 e. The fourth-order valence-electron chi connectivity index (χ4n) is 6.57. The lowest BCUT2D eigenvalue weighted by Crippen LogP contribution is -2.47. The van der Waals surface area contributed by atoms with E-state index >= 15 is 0 Å². The third-order valence-corrected chi connectivity index (χ3v) is 8.68. The minimum Gasteiger partial charge on any atom is -0.384 e. The van der Waals surface area contributed by atoms with Gasteiger partial charge >= 0.3 is 0 Å². The number of amides is 2. The molecule has 4 aromatic rings. The molecule has 2 amide bonds. The standard InChI is InChI=1S/C38H44N4O2/c1-5-42(38(44)34(39)23-31-26(3)18-25(2)19-27(31)4)35-16-17-40-36-32(35)21-30(20-28-12-8-6-9-13-28)22-33(36)37(43)41-24-29-14-10-7-11-15-29/h6-15,18-19,21-22,34-35,40H,5,16-17,20,23-24,39H2,1-4H3,(H,41,43). The van der Waals surface area contributed by atoms with Gasteiger partial charge in [0.25, 0.3) is 5.91 Å². The van der Waals surface area contributed by atoms with E-state index < -0.39 is 6.04 Å². The first-order chi connectivity index (χ1) is 21.2. The maximum Gasteiger partial charge on any atom is 0.253 e. The van der Waals surface area contributed by atoms with Crippen LogP contribution in [0.15, 0.2) is 84.9 Å². The molecule has 2 atom stereocenters. The maximum atomic E-state index is 14.0. The third-order valence-electron chi connectivity index (χ3n) is 8.68. The summed E-state index contributed by atoms with van der Waals surface area (Å²) in [5.41, 5.74) is 17.0. The predicted octanol–water partition coefficient (Wildman–Crippen LogP) is 6.41. The van der Waals surface area contributed by atoms with Crippen LogP contribution in [0.1, 0.15) is 74.3 Å². The molecule has 0 aromatic heterocycles. The monoisotopic (exact) mass is 588 g/mol. The van der Waals surface area contributed by atoms with Crippen LogP contribution in [-0.2, 0) is 24.2 Å². The van der Waals surface area contributed by atoms with Gasteiger partial charge in [-0.05, 0) is 92.0 Å². The SMILES string of the molecule is CCN(C(=O)C(N)Cc1c(C)cc(C)cc1C)C1CCNc2c(C(=O)NCc3ccccc3)cc(Cc3ccccc3)cc21. The average Bonchev–Trinajstić information content (AvgIpc) is 3.02. The molecule has 4 aromatic carbocycles. The van der Waals surface area contributed by atoms with Crippen LogP contribution < -0.4 is 16.4 Å². The fraction of sp³-hybridized carbons (Fsp3) is 0.316. The van der Waals surface area contributed by atoms with E-state index in [1.165, 1.54) is 5.56 Å². The van der Waals surface area contributed by atoms with Crippen molar-refractivity contribution < 1.29 is 9.59 Å². The van der Waals surface area contributed by atoms with Crippen LogP contribution in [-0.4, -0.2) is 35.8 Å². The highest BCUT2D eigenvalue weighted by atomic mass is 16.2. The molecule has 0 fully saturated rings. The first-order valence-electron chi connectivity index (χ1n) is 15.6. The van der Waals surface area contributed by atoms with Crippen LogP contribution in [0.2, 0.25) is 0 Å². The normalized spacial score (nSPS) is 14.7. The molecule has 2 unspecified atom stereocenters. The molecule has 4 N–H and O–H groups in total. The molecular formula is C38H44N4O2. The Hall–Kier alpha value is -4.42. The number of aryl methyl sites for hydroxylation is 3. The van der Waals surface area contributed by atoms with Crippen LogP contribution in [0.3, 0.4) is 0 Å². The summed E-state index contributed by atoms with van der Waals surface area (Å²) >= 11 is 0. The van der Waals surface area contributed by atoms with Gasteiger partial charge in [0.1, 0.15) is 0 Å². The van der Waals surface area contributed by atoms with Gasteiger partial charge in [0, 0.05) is 19.6 Å². The summed E-state index contributed by atoms with van der Waals surface area (Å²) < 4.78 is 0. The van der Waals surface area contributed by atoms with E-state index in [-0.39, 0.29) is 17.9 Å². The summed E-state index contributed by atoms with van der Waals surface area (Å²) in [6.45, 7) is 9.90. The van der Waals surface area contributed by atoms with Crippen molar-refractivity contribution in [1.82, 2.24) is 10.2 Å². The lowest BCUT2D eigenvalue weighted by atomic mass is 9.88. The number of benzene rings is 4. The molecule has 1 heterocycles. The van der Waals surface area contributed by atoms with Crippen LogP contribution in [0.25, 0.3) is 0 Å². The molecule has 228 valence electrons. The van der Waals surface area contributed by atoms with E-state index in [1.807, 2.05) is 66.4 Å². The second-order valence-electron chi connectivity index (χ2n) is 12.0. The Morgan fingerprint density at radius 1 is 0.909 bits per heavy atom. The Morgan fingerprint density at radius 3 is 2.18 bits per heavy atom. The summed E-state index contributed by atoms with van der Waals surface area (Å²) in [5, 5.41) is 6.63. The maximum absolute atomic E-state index is 14.0. The summed E-state index contributed by atoms with van der Waals surface area (Å²) in [5.74, 6) is -0.196. The van der Waals surface area contributed by atoms with Gasteiger partial charge in [-0.2, -0.15) is 0 Å². The highest BCUT2D eigenvalue weighted by molar-refractivity contribution is 6.01. The van der Waals surface area contributed by atoms with Gasteiger partial charge in [-0.25, -0.2) is 0 Å². The number of anilines is 1. The molecule has 0 saturated carbocycles. The fourth-order valence-corrected chi connectivity index (χ4v) is 6.57. The van der Waals surface area contributed by atoms with Gasteiger partial charge in [0.2, 0.25) is 5.91 Å². The van der Waals surface area contributed by atoms with Crippen molar-refractivity contribution >= 4 is 17.5 Å². The molecule has 0 aliphatic carbocycles. The molecule has 1 aliphatic rings. The first kappa shape index (κ1) is 31.0. The number of nitrogens with two attached hydrogens (primary N) is 1. The van der Waals surface area contributed by atoms with Crippen LogP contribution in [0.4, 0.5) is 5.69 Å². The summed E-state index contributed by atoms with van der Waals surface area (Å²) in [4.78, 5) is 29.7. The Labute approximate surface area is 261 Å². The quantitative estimate of drug-likeness (QED) is 0.200. The van der Waals surface area contributed by atoms with Crippen molar-refractivity contribution in [3.8, 4) is 0 Å². The van der Waals surface area contributed by atoms with Gasteiger partial charge in [0.15, 0.2) is 0 Å². The Kier molecular flexibility index (Phi) is 9.81. The number of carbonyl (C=O) groups excluding carboxylic acids is 2. The number of rotatable bonds is 10. The third kappa shape index (κ3) is 7.03. The highest BCUT2D eigenvalue weighted by Crippen LogP contribution is 2.38. The molecule has 6 nitrogen and oxygen atoms in total. The van der Waals surface area contributed by atoms with E-state index in [9.17, 15) is 9.59 Å². The number of carbonyl (C=O) groups is 2. The van der Waals surface area contributed by atoms with Crippen molar-refractivity contribution in [3.05, 3.63) is 135 Å². The number of nitrogens with one attached hydrogen (secondary N) is 2. The number of nitrogens with zero attached hydrogens (tertiary/aromatic N) is 1. The zero-order valence-corrected chi connectivity index (χ0v) is 26.3. The minimum atomic E-state index is -0.658. The number of fused-ring (bicyclic) bond motifs is 1. The van der Waals surface area contributed by atoms with Crippen LogP contribution in [0.5, 0.6) is 0 Å². The second kappa shape index (κ2) is 13.9. The number of hydrogen-bond acceptors (Lipinski definition) is 4. The molecule has 0 saturated heterocycles. The molecule has 0 bridgehead atoms. The van der Waals surface area contributed by atoms with Crippen molar-refractivity contribution in [3.63, 3.8) is 0 Å². The Balaban J connectivity index is 1.47. The van der Waals surface area contributed by atoms with Crippen molar-refractivity contribution in [2.75, 3.05) is 18.4 Å². The van der Waals surface area contributed by atoms with Gasteiger partial charge < -0.3 is 21.3 Å². The van der Waals surface area contributed by atoms with E-state index in [0.29, 0.717) is 38.0 Å². The number of likely N-dealkylation sites (N-methyl/N-ethyl adjacent to an activating group) is 1. The van der Waals surface area contributed by atoms with Gasteiger partial charge in [-0.1, -0.05) is 84.4 Å². The molecular weight excluding hydrogens is 544 g/mol. The zero-order valence-electron chi connectivity index (χ0n) is 26.3. The predicted molar refractivity (Wildman–Crippen MR) is 179 cm³/mol. The Bertz CT molecular complexity index is 1590. The molecule has 44 heavy (non-hydrogen) atoms. The van der Waals surface area contributed by atoms with E-state index in [2.05, 4.69) is 61.7 Å². The Morgan fingerprint density at radius 2 is 1.55 bits per heavy atom. The van der Waals surface area contributed by atoms with Crippen LogP contribution in [0, 0.1) is 20.8 Å². The zero-order chi connectivity index (χ0) is 31.2. The summed E-state index contributed by atoms with van der Waals surface area (Å²) in [6.07, 6.45) is 1.92. The summed E-state index contributed by atoms with van der Waals surface area (Å²) in [6, 6.07) is 27.8. The van der Waals surface area contributed by atoms with Gasteiger partial charge in [-0.15, -0.1) is 0 Å². The molecule has 5 rings (SSSR count). The first-order valence-corrected chi connectivity index (χ1v) is 15.6. The average molecular weight is 589 g/mol. The molecule has 0 spiro atoms. The highest BCUT2D eigenvalue weighted by Gasteiger charge is 2.33. The molecule has 6 heteroatoms. The van der Waals surface area contributed by atoms with E-state index in [1.54, 1.807) is 0 Å². The van der Waals surface area contributed by atoms with E-state index in [0.717, 1.165) is 51.1 Å². The topological polar surface area (TPSA) is 87.5 Å². The van der Waals surface area contributed by atoms with Crippen molar-refractivity contribution in [1.29, 1.82) is 0 Å². The number of hydrogen-bond donors (Lipinski definition) is 3.